The van der Waals surface area contributed by atoms with Gasteiger partial charge in [0.25, 0.3) is 0 Å². The minimum atomic E-state index is -3.13. The summed E-state index contributed by atoms with van der Waals surface area (Å²) in [7, 11) is -3.13. The fraction of sp³-hybridized carbons (Fsp3) is 0.533. The molecule has 1 amide bonds. The Morgan fingerprint density at radius 2 is 2.18 bits per heavy atom. The van der Waals surface area contributed by atoms with E-state index >= 15 is 0 Å². The third-order valence-corrected chi connectivity index (χ3v) is 5.54. The van der Waals surface area contributed by atoms with Crippen LogP contribution in [0.3, 0.4) is 0 Å². The van der Waals surface area contributed by atoms with Crippen molar-refractivity contribution in [2.45, 2.75) is 26.3 Å². The Bertz CT molecular complexity index is 616. The fourth-order valence-corrected chi connectivity index (χ4v) is 3.95. The van der Waals surface area contributed by atoms with Gasteiger partial charge in [-0.1, -0.05) is 19.1 Å². The second-order valence-corrected chi connectivity index (χ2v) is 7.44. The number of carbonyl (C=O) groups is 1. The van der Waals surface area contributed by atoms with Crippen molar-refractivity contribution < 1.29 is 13.2 Å². The van der Waals surface area contributed by atoms with Gasteiger partial charge >= 0.3 is 0 Å². The van der Waals surface area contributed by atoms with E-state index in [-0.39, 0.29) is 24.6 Å². The monoisotopic (exact) mass is 325 g/mol. The summed E-state index contributed by atoms with van der Waals surface area (Å²) in [4.78, 5) is 12.0. The lowest BCUT2D eigenvalue weighted by atomic mass is 10.2. The summed E-state index contributed by atoms with van der Waals surface area (Å²) in [5.74, 6) is 0.0314. The zero-order valence-electron chi connectivity index (χ0n) is 12.8. The molecule has 0 aromatic heterocycles. The normalized spacial score (nSPS) is 17.5. The van der Waals surface area contributed by atoms with Crippen LogP contribution in [0, 0.1) is 0 Å². The predicted molar refractivity (Wildman–Crippen MR) is 87.0 cm³/mol. The van der Waals surface area contributed by atoms with E-state index in [0.29, 0.717) is 13.0 Å². The van der Waals surface area contributed by atoms with Crippen LogP contribution in [-0.4, -0.2) is 44.0 Å². The Labute approximate surface area is 131 Å². The van der Waals surface area contributed by atoms with Crippen LogP contribution in [0.4, 0.5) is 5.69 Å². The Balaban J connectivity index is 1.84. The van der Waals surface area contributed by atoms with Gasteiger partial charge in [0.05, 0.1) is 5.75 Å². The lowest BCUT2D eigenvalue weighted by molar-refractivity contribution is -0.116. The molecule has 1 saturated heterocycles. The molecule has 0 saturated carbocycles. The first kappa shape index (κ1) is 16.9. The molecule has 1 aromatic rings. The Morgan fingerprint density at radius 1 is 1.36 bits per heavy atom. The molecule has 1 heterocycles. The molecule has 6 nitrogen and oxygen atoms in total. The Kier molecular flexibility index (Phi) is 5.93. The Morgan fingerprint density at radius 3 is 2.86 bits per heavy atom. The minimum absolute atomic E-state index is 0.164. The number of nitrogens with zero attached hydrogens (tertiary/aromatic N) is 1. The van der Waals surface area contributed by atoms with E-state index in [9.17, 15) is 13.2 Å². The molecule has 0 bridgehead atoms. The molecular weight excluding hydrogens is 302 g/mol. The van der Waals surface area contributed by atoms with Gasteiger partial charge in [-0.15, -0.1) is 0 Å². The zero-order chi connectivity index (χ0) is 16.0. The molecule has 0 aliphatic carbocycles. The Hall–Kier alpha value is -1.44. The van der Waals surface area contributed by atoms with E-state index in [1.54, 1.807) is 0 Å². The smallest absolute Gasteiger partial charge is 0.225 e. The van der Waals surface area contributed by atoms with Crippen molar-refractivity contribution in [3.05, 3.63) is 29.8 Å². The number of benzene rings is 1. The largest absolute Gasteiger partial charge is 0.326 e. The van der Waals surface area contributed by atoms with Crippen molar-refractivity contribution in [3.8, 4) is 0 Å². The van der Waals surface area contributed by atoms with Gasteiger partial charge in [-0.25, -0.2) is 12.7 Å². The summed E-state index contributed by atoms with van der Waals surface area (Å²) < 4.78 is 24.7. The van der Waals surface area contributed by atoms with Crippen LogP contribution in [0.25, 0.3) is 0 Å². The third kappa shape index (κ3) is 4.79. The average molecular weight is 325 g/mol. The standard InChI is InChI=1S/C15H23N3O3S/c1-2-16-12-13-5-3-6-14(11-13)17-15(19)7-9-18-8-4-10-22(18,20)21/h3,5-6,11,16H,2,4,7-10,12H2,1H3,(H,17,19). The first-order chi connectivity index (χ1) is 10.5. The molecule has 1 fully saturated rings. The van der Waals surface area contributed by atoms with Gasteiger partial charge in [0, 0.05) is 31.7 Å². The SMILES string of the molecule is CCNCc1cccc(NC(=O)CCN2CCCS2(=O)=O)c1. The summed E-state index contributed by atoms with van der Waals surface area (Å²) in [6.45, 7) is 4.46. The van der Waals surface area contributed by atoms with E-state index in [0.717, 1.165) is 24.3 Å². The van der Waals surface area contributed by atoms with Crippen LogP contribution in [0.5, 0.6) is 0 Å². The molecule has 0 unspecified atom stereocenters. The van der Waals surface area contributed by atoms with Crippen LogP contribution < -0.4 is 10.6 Å². The molecule has 0 radical (unpaired) electrons. The first-order valence-electron chi connectivity index (χ1n) is 7.58. The molecule has 1 aliphatic rings. The van der Waals surface area contributed by atoms with Crippen molar-refractivity contribution in [1.82, 2.24) is 9.62 Å². The summed E-state index contributed by atoms with van der Waals surface area (Å²) in [6.07, 6.45) is 0.826. The van der Waals surface area contributed by atoms with Crippen molar-refractivity contribution in [2.24, 2.45) is 0 Å². The minimum Gasteiger partial charge on any atom is -0.326 e. The number of anilines is 1. The van der Waals surface area contributed by atoms with Gasteiger partial charge in [-0.2, -0.15) is 0 Å². The van der Waals surface area contributed by atoms with Crippen LogP contribution in [0.1, 0.15) is 25.3 Å². The molecule has 0 spiro atoms. The second-order valence-electron chi connectivity index (χ2n) is 5.35. The number of hydrogen-bond acceptors (Lipinski definition) is 4. The molecular formula is C15H23N3O3S. The van der Waals surface area contributed by atoms with E-state index in [4.69, 9.17) is 0 Å². The molecule has 2 rings (SSSR count). The molecule has 2 N–H and O–H groups in total. The second kappa shape index (κ2) is 7.71. The van der Waals surface area contributed by atoms with Crippen LogP contribution in [0.15, 0.2) is 24.3 Å². The summed E-state index contributed by atoms with van der Waals surface area (Å²) in [5, 5.41) is 6.05. The van der Waals surface area contributed by atoms with Gasteiger partial charge < -0.3 is 10.6 Å². The highest BCUT2D eigenvalue weighted by Gasteiger charge is 2.28. The summed E-state index contributed by atoms with van der Waals surface area (Å²) >= 11 is 0. The molecule has 0 atom stereocenters. The number of hydrogen-bond donors (Lipinski definition) is 2. The van der Waals surface area contributed by atoms with E-state index in [1.165, 1.54) is 4.31 Å². The van der Waals surface area contributed by atoms with Crippen LogP contribution >= 0.6 is 0 Å². The van der Waals surface area contributed by atoms with Crippen molar-refractivity contribution >= 4 is 21.6 Å². The maximum atomic E-state index is 12.0. The van der Waals surface area contributed by atoms with E-state index in [2.05, 4.69) is 10.6 Å². The highest BCUT2D eigenvalue weighted by molar-refractivity contribution is 7.89. The van der Waals surface area contributed by atoms with E-state index < -0.39 is 10.0 Å². The number of nitrogens with one attached hydrogen (secondary N) is 2. The quantitative estimate of drug-likeness (QED) is 0.788. The molecule has 1 aromatic carbocycles. The van der Waals surface area contributed by atoms with Crippen LogP contribution in [-0.2, 0) is 21.4 Å². The van der Waals surface area contributed by atoms with Crippen molar-refractivity contribution in [1.29, 1.82) is 0 Å². The number of rotatable bonds is 7. The molecule has 7 heteroatoms. The first-order valence-corrected chi connectivity index (χ1v) is 9.19. The summed E-state index contributed by atoms with van der Waals surface area (Å²) in [5.41, 5.74) is 1.84. The van der Waals surface area contributed by atoms with Crippen molar-refractivity contribution in [2.75, 3.05) is 30.7 Å². The molecule has 22 heavy (non-hydrogen) atoms. The van der Waals surface area contributed by atoms with Gasteiger partial charge in [-0.05, 0) is 30.7 Å². The van der Waals surface area contributed by atoms with Gasteiger partial charge in [0.2, 0.25) is 15.9 Å². The molecule has 1 aliphatic heterocycles. The van der Waals surface area contributed by atoms with Gasteiger partial charge in [-0.3, -0.25) is 4.79 Å². The predicted octanol–water partition coefficient (Wildman–Crippen LogP) is 1.16. The maximum absolute atomic E-state index is 12.0. The van der Waals surface area contributed by atoms with Gasteiger partial charge in [0.1, 0.15) is 0 Å². The zero-order valence-corrected chi connectivity index (χ0v) is 13.7. The average Bonchev–Trinajstić information content (AvgIpc) is 2.82. The maximum Gasteiger partial charge on any atom is 0.225 e. The van der Waals surface area contributed by atoms with Gasteiger partial charge in [0.15, 0.2) is 0 Å². The lowest BCUT2D eigenvalue weighted by Gasteiger charge is -2.14. The van der Waals surface area contributed by atoms with Crippen LogP contribution in [0.2, 0.25) is 0 Å². The topological polar surface area (TPSA) is 78.5 Å². The van der Waals surface area contributed by atoms with Crippen molar-refractivity contribution in [3.63, 3.8) is 0 Å². The fourth-order valence-electron chi connectivity index (χ4n) is 2.42. The summed E-state index contributed by atoms with van der Waals surface area (Å²) in [6, 6.07) is 7.65. The number of carbonyl (C=O) groups excluding carboxylic acids is 1. The third-order valence-electron chi connectivity index (χ3n) is 3.58. The lowest BCUT2D eigenvalue weighted by Crippen LogP contribution is -2.29. The number of amides is 1. The highest BCUT2D eigenvalue weighted by atomic mass is 32.2. The molecule has 122 valence electrons. The highest BCUT2D eigenvalue weighted by Crippen LogP contribution is 2.14. The number of sulfonamides is 1. The van der Waals surface area contributed by atoms with E-state index in [1.807, 2.05) is 31.2 Å².